The predicted molar refractivity (Wildman–Crippen MR) is 118 cm³/mol. The van der Waals surface area contributed by atoms with Gasteiger partial charge in [-0.05, 0) is 41.4 Å². The average molecular weight is 523 g/mol. The van der Waals surface area contributed by atoms with Crippen LogP contribution in [0.4, 0.5) is 5.69 Å². The molecule has 25 heavy (non-hydrogen) atoms. The summed E-state index contributed by atoms with van der Waals surface area (Å²) in [4.78, 5) is 7.20. The first-order valence-corrected chi connectivity index (χ1v) is 9.51. The van der Waals surface area contributed by atoms with Gasteiger partial charge in [0.25, 0.3) is 0 Å². The number of guanidine groups is 1. The summed E-state index contributed by atoms with van der Waals surface area (Å²) in [6, 6.07) is 8.83. The lowest BCUT2D eigenvalue weighted by molar-refractivity contribution is -0.0945. The van der Waals surface area contributed by atoms with E-state index in [4.69, 9.17) is 9.73 Å². The Kier molecular flexibility index (Phi) is 7.82. The van der Waals surface area contributed by atoms with E-state index in [-0.39, 0.29) is 29.4 Å². The summed E-state index contributed by atoms with van der Waals surface area (Å²) in [7, 11) is 0. The molecule has 7 heteroatoms. The summed E-state index contributed by atoms with van der Waals surface area (Å²) >= 11 is 3.65. The Morgan fingerprint density at radius 3 is 2.80 bits per heavy atom. The Bertz CT molecular complexity index is 594. The van der Waals surface area contributed by atoms with Crippen LogP contribution < -0.4 is 15.5 Å². The SMILES string of the molecule is CCNC(=NCC1(C)COC1)NC1CCN(c2ccccc2Br)C1.I. The molecule has 0 amide bonds. The maximum atomic E-state index is 5.32. The Morgan fingerprint density at radius 1 is 1.40 bits per heavy atom. The van der Waals surface area contributed by atoms with Crippen LogP contribution in [0.5, 0.6) is 0 Å². The van der Waals surface area contributed by atoms with Gasteiger partial charge in [0.2, 0.25) is 0 Å². The molecule has 0 saturated carbocycles. The molecule has 0 aliphatic carbocycles. The Morgan fingerprint density at radius 2 is 2.16 bits per heavy atom. The second-order valence-corrected chi connectivity index (χ2v) is 7.88. The standard InChI is InChI=1S/C18H27BrN4O.HI/c1-3-20-17(21-11-18(2)12-24-13-18)22-14-8-9-23(10-14)16-7-5-4-6-15(16)19;/h4-7,14H,3,8-13H2,1-2H3,(H2,20,21,22);1H. The maximum absolute atomic E-state index is 5.32. The second kappa shape index (κ2) is 9.41. The van der Waals surface area contributed by atoms with Crippen LogP contribution in [-0.4, -0.2) is 51.4 Å². The molecule has 0 aromatic heterocycles. The largest absolute Gasteiger partial charge is 0.380 e. The van der Waals surface area contributed by atoms with Crippen molar-refractivity contribution in [3.05, 3.63) is 28.7 Å². The van der Waals surface area contributed by atoms with E-state index < -0.39 is 0 Å². The number of para-hydroxylation sites is 1. The van der Waals surface area contributed by atoms with Crippen LogP contribution in [-0.2, 0) is 4.74 Å². The fourth-order valence-corrected chi connectivity index (χ4v) is 3.67. The average Bonchev–Trinajstić information content (AvgIpc) is 3.00. The molecular formula is C18H28BrIN4O. The summed E-state index contributed by atoms with van der Waals surface area (Å²) in [5, 5.41) is 6.96. The summed E-state index contributed by atoms with van der Waals surface area (Å²) < 4.78 is 6.47. The quantitative estimate of drug-likeness (QED) is 0.354. The molecule has 1 aromatic carbocycles. The highest BCUT2D eigenvalue weighted by molar-refractivity contribution is 14.0. The molecule has 140 valence electrons. The predicted octanol–water partition coefficient (Wildman–Crippen LogP) is 3.24. The van der Waals surface area contributed by atoms with E-state index in [0.29, 0.717) is 6.04 Å². The first-order chi connectivity index (χ1) is 11.6. The number of aliphatic imine (C=N–C) groups is 1. The van der Waals surface area contributed by atoms with E-state index >= 15 is 0 Å². The molecule has 2 aliphatic heterocycles. The van der Waals surface area contributed by atoms with Crippen molar-refractivity contribution >= 4 is 51.6 Å². The van der Waals surface area contributed by atoms with Crippen LogP contribution in [0, 0.1) is 5.41 Å². The van der Waals surface area contributed by atoms with E-state index in [1.54, 1.807) is 0 Å². The second-order valence-electron chi connectivity index (χ2n) is 7.03. The number of hydrogen-bond acceptors (Lipinski definition) is 3. The molecule has 0 radical (unpaired) electrons. The Hall–Kier alpha value is -0.540. The molecule has 1 unspecified atom stereocenters. The molecule has 3 rings (SSSR count). The number of nitrogens with one attached hydrogen (secondary N) is 2. The first-order valence-electron chi connectivity index (χ1n) is 8.72. The lowest BCUT2D eigenvalue weighted by Gasteiger charge is -2.36. The molecule has 1 atom stereocenters. The lowest BCUT2D eigenvalue weighted by atomic mass is 9.89. The number of anilines is 1. The van der Waals surface area contributed by atoms with Crippen LogP contribution in [0.1, 0.15) is 20.3 Å². The normalized spacial score (nSPS) is 22.1. The summed E-state index contributed by atoms with van der Waals surface area (Å²) in [6.07, 6.45) is 1.12. The molecule has 1 aromatic rings. The number of benzene rings is 1. The van der Waals surface area contributed by atoms with Crippen molar-refractivity contribution in [3.8, 4) is 0 Å². The molecule has 5 nitrogen and oxygen atoms in total. The zero-order valence-corrected chi connectivity index (χ0v) is 18.8. The van der Waals surface area contributed by atoms with Crippen molar-refractivity contribution in [2.45, 2.75) is 26.3 Å². The zero-order valence-electron chi connectivity index (χ0n) is 14.9. The van der Waals surface area contributed by atoms with Gasteiger partial charge in [0.15, 0.2) is 5.96 Å². The van der Waals surface area contributed by atoms with Crippen LogP contribution in [0.25, 0.3) is 0 Å². The molecule has 2 saturated heterocycles. The minimum atomic E-state index is 0. The van der Waals surface area contributed by atoms with E-state index in [0.717, 1.165) is 56.2 Å². The molecule has 0 spiro atoms. The van der Waals surface area contributed by atoms with Crippen molar-refractivity contribution in [3.63, 3.8) is 0 Å². The maximum Gasteiger partial charge on any atom is 0.191 e. The highest BCUT2D eigenvalue weighted by atomic mass is 127. The third-order valence-corrected chi connectivity index (χ3v) is 5.26. The van der Waals surface area contributed by atoms with Crippen LogP contribution >= 0.6 is 39.9 Å². The molecular weight excluding hydrogens is 495 g/mol. The van der Waals surface area contributed by atoms with Crippen molar-refractivity contribution in [1.82, 2.24) is 10.6 Å². The fourth-order valence-electron chi connectivity index (χ4n) is 3.13. The van der Waals surface area contributed by atoms with E-state index in [9.17, 15) is 0 Å². The number of rotatable bonds is 5. The lowest BCUT2D eigenvalue weighted by Crippen LogP contribution is -2.47. The third kappa shape index (κ3) is 5.47. The van der Waals surface area contributed by atoms with Gasteiger partial charge in [0, 0.05) is 35.6 Å². The highest BCUT2D eigenvalue weighted by Gasteiger charge is 2.33. The highest BCUT2D eigenvalue weighted by Crippen LogP contribution is 2.29. The third-order valence-electron chi connectivity index (χ3n) is 4.59. The van der Waals surface area contributed by atoms with E-state index in [2.05, 4.69) is 69.6 Å². The monoisotopic (exact) mass is 522 g/mol. The number of halogens is 2. The van der Waals surface area contributed by atoms with Crippen molar-refractivity contribution in [1.29, 1.82) is 0 Å². The smallest absolute Gasteiger partial charge is 0.191 e. The topological polar surface area (TPSA) is 48.9 Å². The van der Waals surface area contributed by atoms with Gasteiger partial charge in [-0.1, -0.05) is 19.1 Å². The molecule has 2 N–H and O–H groups in total. The molecule has 2 heterocycles. The summed E-state index contributed by atoms with van der Waals surface area (Å²) in [5.74, 6) is 0.921. The molecule has 2 aliphatic rings. The molecule has 0 bridgehead atoms. The number of nitrogens with zero attached hydrogens (tertiary/aromatic N) is 2. The van der Waals surface area contributed by atoms with Gasteiger partial charge in [0.05, 0.1) is 25.4 Å². The van der Waals surface area contributed by atoms with Gasteiger partial charge in [-0.2, -0.15) is 0 Å². The van der Waals surface area contributed by atoms with Gasteiger partial charge < -0.3 is 20.3 Å². The Balaban J connectivity index is 0.00000225. The van der Waals surface area contributed by atoms with Crippen molar-refractivity contribution in [2.24, 2.45) is 10.4 Å². The van der Waals surface area contributed by atoms with Gasteiger partial charge >= 0.3 is 0 Å². The summed E-state index contributed by atoms with van der Waals surface area (Å²) in [6.45, 7) is 9.70. The summed E-state index contributed by atoms with van der Waals surface area (Å²) in [5.41, 5.74) is 1.47. The van der Waals surface area contributed by atoms with Crippen LogP contribution in [0.15, 0.2) is 33.7 Å². The van der Waals surface area contributed by atoms with Crippen molar-refractivity contribution < 1.29 is 4.74 Å². The van der Waals surface area contributed by atoms with E-state index in [1.165, 1.54) is 5.69 Å². The van der Waals surface area contributed by atoms with Crippen LogP contribution in [0.2, 0.25) is 0 Å². The van der Waals surface area contributed by atoms with Crippen molar-refractivity contribution in [2.75, 3.05) is 44.3 Å². The number of ether oxygens (including phenoxy) is 1. The van der Waals surface area contributed by atoms with Gasteiger partial charge in [-0.25, -0.2) is 0 Å². The fraction of sp³-hybridized carbons (Fsp3) is 0.611. The first kappa shape index (κ1) is 20.8. The van der Waals surface area contributed by atoms with Gasteiger partial charge in [0.1, 0.15) is 0 Å². The molecule has 2 fully saturated rings. The zero-order chi connectivity index (χ0) is 17.0. The van der Waals surface area contributed by atoms with Crippen LogP contribution in [0.3, 0.4) is 0 Å². The van der Waals surface area contributed by atoms with Gasteiger partial charge in [-0.3, -0.25) is 4.99 Å². The number of hydrogen-bond donors (Lipinski definition) is 2. The van der Waals surface area contributed by atoms with E-state index in [1.807, 2.05) is 0 Å². The minimum absolute atomic E-state index is 0. The minimum Gasteiger partial charge on any atom is -0.380 e. The Labute approximate surface area is 176 Å². The van der Waals surface area contributed by atoms with Gasteiger partial charge in [-0.15, -0.1) is 24.0 Å².